The molecule has 7 heteroatoms. The summed E-state index contributed by atoms with van der Waals surface area (Å²) in [5.74, 6) is 1.14. The Labute approximate surface area is 124 Å². The van der Waals surface area contributed by atoms with Crippen LogP contribution in [0.3, 0.4) is 0 Å². The van der Waals surface area contributed by atoms with Gasteiger partial charge >= 0.3 is 6.01 Å². The Kier molecular flexibility index (Phi) is 5.37. The summed E-state index contributed by atoms with van der Waals surface area (Å²) in [6.45, 7) is 6.38. The van der Waals surface area contributed by atoms with Crippen LogP contribution in [0, 0.1) is 5.92 Å². The van der Waals surface area contributed by atoms with Crippen molar-refractivity contribution in [2.24, 2.45) is 5.92 Å². The highest BCUT2D eigenvalue weighted by Crippen LogP contribution is 2.20. The van der Waals surface area contributed by atoms with Gasteiger partial charge < -0.3 is 14.4 Å². The van der Waals surface area contributed by atoms with Crippen LogP contribution in [-0.4, -0.2) is 47.9 Å². The van der Waals surface area contributed by atoms with Crippen LogP contribution in [0.4, 0.5) is 5.95 Å². The minimum atomic E-state index is 0.00196. The van der Waals surface area contributed by atoms with Gasteiger partial charge in [-0.2, -0.15) is 15.0 Å². The van der Waals surface area contributed by atoms with Crippen molar-refractivity contribution < 1.29 is 9.47 Å². The van der Waals surface area contributed by atoms with Gasteiger partial charge in [0.25, 0.3) is 0 Å². The zero-order valence-corrected chi connectivity index (χ0v) is 12.9. The van der Waals surface area contributed by atoms with Crippen LogP contribution in [0.15, 0.2) is 0 Å². The Morgan fingerprint density at radius 3 is 2.65 bits per heavy atom. The van der Waals surface area contributed by atoms with Gasteiger partial charge in [-0.25, -0.2) is 0 Å². The van der Waals surface area contributed by atoms with E-state index in [9.17, 15) is 0 Å². The monoisotopic (exact) mass is 300 g/mol. The maximum atomic E-state index is 5.93. The van der Waals surface area contributed by atoms with E-state index >= 15 is 0 Å². The summed E-state index contributed by atoms with van der Waals surface area (Å²) >= 11 is 5.93. The molecule has 0 atom stereocenters. The van der Waals surface area contributed by atoms with E-state index in [-0.39, 0.29) is 17.4 Å². The van der Waals surface area contributed by atoms with E-state index < -0.39 is 0 Å². The highest BCUT2D eigenvalue weighted by atomic mass is 35.5. The fraction of sp³-hybridized carbons (Fsp3) is 0.769. The number of anilines is 1. The molecule has 6 nitrogen and oxygen atoms in total. The number of hydrogen-bond donors (Lipinski definition) is 0. The second-order valence-electron chi connectivity index (χ2n) is 5.29. The van der Waals surface area contributed by atoms with E-state index in [4.69, 9.17) is 21.1 Å². The van der Waals surface area contributed by atoms with Crippen molar-refractivity contribution in [2.45, 2.75) is 32.8 Å². The van der Waals surface area contributed by atoms with Crippen LogP contribution in [0.5, 0.6) is 6.01 Å². The highest BCUT2D eigenvalue weighted by Gasteiger charge is 2.18. The van der Waals surface area contributed by atoms with Gasteiger partial charge in [-0.1, -0.05) is 0 Å². The second-order valence-corrected chi connectivity index (χ2v) is 5.63. The van der Waals surface area contributed by atoms with E-state index in [1.54, 1.807) is 0 Å². The lowest BCUT2D eigenvalue weighted by Crippen LogP contribution is -2.30. The number of aromatic nitrogens is 3. The van der Waals surface area contributed by atoms with Gasteiger partial charge in [0, 0.05) is 26.8 Å². The van der Waals surface area contributed by atoms with Crippen LogP contribution >= 0.6 is 11.6 Å². The van der Waals surface area contributed by atoms with Crippen molar-refractivity contribution in [2.75, 3.05) is 31.7 Å². The highest BCUT2D eigenvalue weighted by molar-refractivity contribution is 6.28. The first-order chi connectivity index (χ1) is 9.54. The van der Waals surface area contributed by atoms with E-state index in [0.717, 1.165) is 32.6 Å². The van der Waals surface area contributed by atoms with Crippen LogP contribution < -0.4 is 9.64 Å². The van der Waals surface area contributed by atoms with Crippen LogP contribution in [0.1, 0.15) is 26.7 Å². The van der Waals surface area contributed by atoms with Gasteiger partial charge in [0.15, 0.2) is 0 Å². The van der Waals surface area contributed by atoms with Gasteiger partial charge in [-0.05, 0) is 44.2 Å². The van der Waals surface area contributed by atoms with E-state index in [0.29, 0.717) is 11.9 Å². The molecule has 0 amide bonds. The Morgan fingerprint density at radius 2 is 2.00 bits per heavy atom. The van der Waals surface area contributed by atoms with E-state index in [1.165, 1.54) is 0 Å². The molecule has 0 N–H and O–H groups in total. The number of hydrogen-bond acceptors (Lipinski definition) is 6. The molecular formula is C13H21ClN4O2. The maximum Gasteiger partial charge on any atom is 0.322 e. The molecule has 0 unspecified atom stereocenters. The number of nitrogens with zero attached hydrogens (tertiary/aromatic N) is 4. The fourth-order valence-electron chi connectivity index (χ4n) is 2.15. The molecule has 20 heavy (non-hydrogen) atoms. The molecule has 0 bridgehead atoms. The Bertz CT molecular complexity index is 438. The molecule has 0 aromatic carbocycles. The summed E-state index contributed by atoms with van der Waals surface area (Å²) in [5, 5.41) is 0.157. The predicted octanol–water partition coefficient (Wildman–Crippen LogP) is 2.17. The third-order valence-corrected chi connectivity index (χ3v) is 3.30. The quantitative estimate of drug-likeness (QED) is 0.830. The van der Waals surface area contributed by atoms with Crippen molar-refractivity contribution in [3.05, 3.63) is 5.28 Å². The predicted molar refractivity (Wildman–Crippen MR) is 77.4 cm³/mol. The van der Waals surface area contributed by atoms with Gasteiger partial charge in [0.1, 0.15) is 0 Å². The first-order valence-electron chi connectivity index (χ1n) is 6.91. The fourth-order valence-corrected chi connectivity index (χ4v) is 2.30. The Balaban J connectivity index is 2.04. The summed E-state index contributed by atoms with van der Waals surface area (Å²) in [4.78, 5) is 14.4. The zero-order valence-electron chi connectivity index (χ0n) is 12.2. The minimum Gasteiger partial charge on any atom is -0.461 e. The maximum absolute atomic E-state index is 5.93. The molecule has 0 aliphatic carbocycles. The lowest BCUT2D eigenvalue weighted by atomic mass is 10.0. The van der Waals surface area contributed by atoms with Crippen molar-refractivity contribution in [3.8, 4) is 6.01 Å². The topological polar surface area (TPSA) is 60.4 Å². The summed E-state index contributed by atoms with van der Waals surface area (Å²) < 4.78 is 10.9. The lowest BCUT2D eigenvalue weighted by molar-refractivity contribution is 0.0684. The van der Waals surface area contributed by atoms with Gasteiger partial charge in [0.2, 0.25) is 11.2 Å². The largest absolute Gasteiger partial charge is 0.461 e. The summed E-state index contributed by atoms with van der Waals surface area (Å²) in [6, 6.07) is 0.272. The number of halogens is 1. The average molecular weight is 301 g/mol. The number of rotatable bonds is 5. The molecule has 1 aliphatic rings. The molecule has 1 saturated heterocycles. The summed E-state index contributed by atoms with van der Waals surface area (Å²) in [7, 11) is 1.96. The van der Waals surface area contributed by atoms with Crippen LogP contribution in [-0.2, 0) is 4.74 Å². The molecule has 2 rings (SSSR count). The molecular weight excluding hydrogens is 280 g/mol. The third kappa shape index (κ3) is 4.45. The SMILES string of the molecule is CC(C)Oc1nc(Cl)nc(N(C)CC2CCOCC2)n1. The zero-order chi connectivity index (χ0) is 14.5. The Morgan fingerprint density at radius 1 is 1.30 bits per heavy atom. The normalized spacial score (nSPS) is 16.4. The molecule has 1 aliphatic heterocycles. The van der Waals surface area contributed by atoms with Crippen LogP contribution in [0.2, 0.25) is 5.28 Å². The van der Waals surface area contributed by atoms with Crippen LogP contribution in [0.25, 0.3) is 0 Å². The molecule has 0 saturated carbocycles. The average Bonchev–Trinajstić information content (AvgIpc) is 2.38. The van der Waals surface area contributed by atoms with E-state index in [1.807, 2.05) is 25.8 Å². The minimum absolute atomic E-state index is 0.00196. The van der Waals surface area contributed by atoms with Crippen molar-refractivity contribution in [1.29, 1.82) is 0 Å². The molecule has 112 valence electrons. The first-order valence-corrected chi connectivity index (χ1v) is 7.29. The molecule has 1 aromatic rings. The lowest BCUT2D eigenvalue weighted by Gasteiger charge is -2.27. The summed E-state index contributed by atoms with van der Waals surface area (Å²) in [5.41, 5.74) is 0. The van der Waals surface area contributed by atoms with Crippen molar-refractivity contribution in [3.63, 3.8) is 0 Å². The molecule has 1 aromatic heterocycles. The standard InChI is InChI=1S/C13H21ClN4O2/c1-9(2)20-13-16-11(14)15-12(17-13)18(3)8-10-4-6-19-7-5-10/h9-10H,4-8H2,1-3H3. The van der Waals surface area contributed by atoms with Gasteiger partial charge in [-0.3, -0.25) is 0 Å². The van der Waals surface area contributed by atoms with Crippen molar-refractivity contribution in [1.82, 2.24) is 15.0 Å². The number of ether oxygens (including phenoxy) is 2. The molecule has 2 heterocycles. The first kappa shape index (κ1) is 15.3. The Hall–Kier alpha value is -1.14. The summed E-state index contributed by atoms with van der Waals surface area (Å²) in [6.07, 6.45) is 2.14. The van der Waals surface area contributed by atoms with Gasteiger partial charge in [-0.15, -0.1) is 0 Å². The molecule has 0 radical (unpaired) electrons. The third-order valence-electron chi connectivity index (χ3n) is 3.13. The molecule has 1 fully saturated rings. The van der Waals surface area contributed by atoms with E-state index in [2.05, 4.69) is 15.0 Å². The van der Waals surface area contributed by atoms with Crippen molar-refractivity contribution >= 4 is 17.5 Å². The second kappa shape index (κ2) is 7.04. The smallest absolute Gasteiger partial charge is 0.322 e. The van der Waals surface area contributed by atoms with Gasteiger partial charge in [0.05, 0.1) is 6.10 Å². The molecule has 0 spiro atoms.